The molecule has 0 spiro atoms. The van der Waals surface area contributed by atoms with E-state index in [9.17, 15) is 10.1 Å². The van der Waals surface area contributed by atoms with Crippen molar-refractivity contribution in [3.63, 3.8) is 0 Å². The summed E-state index contributed by atoms with van der Waals surface area (Å²) in [5.41, 5.74) is 1.44. The Morgan fingerprint density at radius 2 is 1.92 bits per heavy atom. The Labute approximate surface area is 212 Å². The van der Waals surface area contributed by atoms with E-state index in [1.54, 1.807) is 36.1 Å². The molecule has 182 valence electrons. The van der Waals surface area contributed by atoms with E-state index in [2.05, 4.69) is 36.6 Å². The van der Waals surface area contributed by atoms with Gasteiger partial charge in [-0.25, -0.2) is 15.0 Å². The molecule has 1 atom stereocenters. The van der Waals surface area contributed by atoms with E-state index in [-0.39, 0.29) is 11.6 Å². The molecule has 1 unspecified atom stereocenters. The molecule has 4 aromatic rings. The van der Waals surface area contributed by atoms with Crippen molar-refractivity contribution in [3.8, 4) is 6.07 Å². The van der Waals surface area contributed by atoms with Crippen molar-refractivity contribution in [2.75, 3.05) is 28.6 Å². The van der Waals surface area contributed by atoms with Crippen molar-refractivity contribution < 1.29 is 0 Å². The second-order valence-electron chi connectivity index (χ2n) is 9.15. The van der Waals surface area contributed by atoms with Crippen LogP contribution in [0.5, 0.6) is 0 Å². The van der Waals surface area contributed by atoms with Crippen molar-refractivity contribution in [1.82, 2.24) is 24.5 Å². The van der Waals surface area contributed by atoms with Crippen LogP contribution in [0.1, 0.15) is 25.7 Å². The number of rotatable bonds is 6. The van der Waals surface area contributed by atoms with Gasteiger partial charge in [0.25, 0.3) is 5.56 Å². The zero-order valence-electron chi connectivity index (χ0n) is 20.0. The summed E-state index contributed by atoms with van der Waals surface area (Å²) in [6, 6.07) is 11.1. The maximum absolute atomic E-state index is 12.9. The molecule has 11 heteroatoms. The van der Waals surface area contributed by atoms with Crippen molar-refractivity contribution in [1.29, 1.82) is 5.26 Å². The van der Waals surface area contributed by atoms with E-state index in [0.29, 0.717) is 52.6 Å². The molecule has 2 N–H and O–H groups in total. The molecule has 10 nitrogen and oxygen atoms in total. The molecule has 0 radical (unpaired) electrons. The lowest BCUT2D eigenvalue weighted by Crippen LogP contribution is -2.54. The molecular formula is C25H24ClN9O. The zero-order chi connectivity index (χ0) is 25.4. The van der Waals surface area contributed by atoms with Gasteiger partial charge in [0, 0.05) is 49.7 Å². The number of fused-ring (bicyclic) bond motifs is 1. The van der Waals surface area contributed by atoms with Crippen LogP contribution < -0.4 is 21.1 Å². The molecule has 0 bridgehead atoms. The lowest BCUT2D eigenvalue weighted by atomic mass is 9.84. The highest BCUT2D eigenvalue weighted by Crippen LogP contribution is 2.35. The number of nitriles is 1. The van der Waals surface area contributed by atoms with Crippen LogP contribution in [0.25, 0.3) is 10.9 Å². The van der Waals surface area contributed by atoms with Crippen LogP contribution in [0, 0.1) is 16.7 Å². The lowest BCUT2D eigenvalue weighted by Gasteiger charge is -2.43. The molecule has 0 amide bonds. The van der Waals surface area contributed by atoms with Crippen molar-refractivity contribution in [3.05, 3.63) is 70.1 Å². The van der Waals surface area contributed by atoms with Gasteiger partial charge < -0.3 is 20.1 Å². The molecule has 5 rings (SSSR count). The highest BCUT2D eigenvalue weighted by Gasteiger charge is 2.40. The summed E-state index contributed by atoms with van der Waals surface area (Å²) in [4.78, 5) is 32.4. The average molecular weight is 502 g/mol. The maximum Gasteiger partial charge on any atom is 0.252 e. The second-order valence-corrected chi connectivity index (χ2v) is 9.56. The highest BCUT2D eigenvalue weighted by atomic mass is 35.5. The number of anilines is 4. The fraction of sp³-hybridized carbons (Fsp3) is 0.280. The third-order valence-electron chi connectivity index (χ3n) is 6.22. The lowest BCUT2D eigenvalue weighted by molar-refractivity contribution is 0.332. The fourth-order valence-corrected chi connectivity index (χ4v) is 4.45. The van der Waals surface area contributed by atoms with E-state index in [1.165, 1.54) is 6.20 Å². The molecule has 1 aromatic carbocycles. The first-order valence-corrected chi connectivity index (χ1v) is 11.8. The van der Waals surface area contributed by atoms with E-state index < -0.39 is 5.41 Å². The van der Waals surface area contributed by atoms with Gasteiger partial charge in [0.15, 0.2) is 5.82 Å². The van der Waals surface area contributed by atoms with Crippen LogP contribution in [0.4, 0.5) is 23.1 Å². The maximum atomic E-state index is 12.9. The predicted octanol–water partition coefficient (Wildman–Crippen LogP) is 4.04. The van der Waals surface area contributed by atoms with E-state index in [1.807, 2.05) is 36.9 Å². The largest absolute Gasteiger partial charge is 0.375 e. The standard InChI is InChI=1S/C25H24ClN9O/c1-15(22-28-8-5-9-29-22)31-19-10-20(36)34(3)21-16(19)6-4-7-18(21)32-23-17(26)11-30-24(33-23)35-13-25(2,12-27)14-35/h4-11,15,31H,13-14H2,1-3H3,(H,30,32,33). The number of nitrogens with zero attached hydrogens (tertiary/aromatic N) is 7. The van der Waals surface area contributed by atoms with Crippen LogP contribution in [-0.4, -0.2) is 37.6 Å². The van der Waals surface area contributed by atoms with Gasteiger partial charge in [0.2, 0.25) is 5.95 Å². The van der Waals surface area contributed by atoms with Gasteiger partial charge in [0.05, 0.1) is 34.9 Å². The number of para-hydroxylation sites is 1. The van der Waals surface area contributed by atoms with E-state index in [4.69, 9.17) is 11.6 Å². The van der Waals surface area contributed by atoms with Gasteiger partial charge in [-0.05, 0) is 26.0 Å². The summed E-state index contributed by atoms with van der Waals surface area (Å²) in [5.74, 6) is 1.53. The second kappa shape index (κ2) is 9.09. The number of nitrogens with one attached hydrogen (secondary N) is 2. The van der Waals surface area contributed by atoms with Crippen molar-refractivity contribution in [2.24, 2.45) is 12.5 Å². The topological polar surface area (TPSA) is 125 Å². The first-order chi connectivity index (χ1) is 17.3. The molecule has 1 saturated heterocycles. The molecule has 0 saturated carbocycles. The van der Waals surface area contributed by atoms with Crippen molar-refractivity contribution in [2.45, 2.75) is 19.9 Å². The normalized spacial score (nSPS) is 15.1. The fourth-order valence-electron chi connectivity index (χ4n) is 4.32. The minimum Gasteiger partial charge on any atom is -0.375 e. The Morgan fingerprint density at radius 1 is 1.17 bits per heavy atom. The molecule has 4 heterocycles. The third-order valence-corrected chi connectivity index (χ3v) is 6.50. The first-order valence-electron chi connectivity index (χ1n) is 11.4. The first kappa shape index (κ1) is 23.5. The minimum absolute atomic E-state index is 0.175. The molecular weight excluding hydrogens is 478 g/mol. The van der Waals surface area contributed by atoms with Gasteiger partial charge in [0.1, 0.15) is 10.8 Å². The Bertz CT molecular complexity index is 1540. The Kier molecular flexibility index (Phi) is 5.94. The Morgan fingerprint density at radius 3 is 2.64 bits per heavy atom. The van der Waals surface area contributed by atoms with Gasteiger partial charge >= 0.3 is 0 Å². The van der Waals surface area contributed by atoms with E-state index in [0.717, 1.165) is 5.39 Å². The summed E-state index contributed by atoms with van der Waals surface area (Å²) in [6.45, 7) is 4.94. The number of hydrogen-bond acceptors (Lipinski definition) is 9. The van der Waals surface area contributed by atoms with Gasteiger partial charge in [-0.15, -0.1) is 0 Å². The number of hydrogen-bond donors (Lipinski definition) is 2. The smallest absolute Gasteiger partial charge is 0.252 e. The van der Waals surface area contributed by atoms with E-state index >= 15 is 0 Å². The summed E-state index contributed by atoms with van der Waals surface area (Å²) in [7, 11) is 1.72. The van der Waals surface area contributed by atoms with Crippen LogP contribution in [-0.2, 0) is 7.05 Å². The third kappa shape index (κ3) is 4.29. The molecule has 0 aliphatic carbocycles. The minimum atomic E-state index is -0.407. The number of pyridine rings is 1. The molecule has 1 fully saturated rings. The summed E-state index contributed by atoms with van der Waals surface area (Å²) < 4.78 is 1.58. The van der Waals surface area contributed by atoms with Crippen LogP contribution in [0.3, 0.4) is 0 Å². The van der Waals surface area contributed by atoms with Gasteiger partial charge in [-0.2, -0.15) is 10.2 Å². The average Bonchev–Trinajstić information content (AvgIpc) is 2.87. The predicted molar refractivity (Wildman–Crippen MR) is 140 cm³/mol. The molecule has 36 heavy (non-hydrogen) atoms. The SMILES string of the molecule is CC(Nc1cc(=O)n(C)c2c(Nc3nc(N4CC(C)(C#N)C4)ncc3Cl)cccc12)c1ncccn1. The molecule has 3 aromatic heterocycles. The van der Waals surface area contributed by atoms with Gasteiger partial charge in [-0.1, -0.05) is 23.7 Å². The van der Waals surface area contributed by atoms with Crippen LogP contribution >= 0.6 is 11.6 Å². The summed E-state index contributed by atoms with van der Waals surface area (Å²) in [5, 5.41) is 17.1. The van der Waals surface area contributed by atoms with Crippen LogP contribution in [0.15, 0.2) is 53.7 Å². The van der Waals surface area contributed by atoms with Gasteiger partial charge in [-0.3, -0.25) is 4.79 Å². The monoisotopic (exact) mass is 501 g/mol. The van der Waals surface area contributed by atoms with Crippen LogP contribution in [0.2, 0.25) is 5.02 Å². The number of benzene rings is 1. The van der Waals surface area contributed by atoms with Crippen molar-refractivity contribution >= 4 is 45.6 Å². The number of aryl methyl sites for hydroxylation is 1. The number of halogens is 1. The highest BCUT2D eigenvalue weighted by molar-refractivity contribution is 6.33. The Balaban J connectivity index is 1.51. The summed E-state index contributed by atoms with van der Waals surface area (Å²) >= 11 is 6.43. The quantitative estimate of drug-likeness (QED) is 0.402. The summed E-state index contributed by atoms with van der Waals surface area (Å²) in [6.07, 6.45) is 4.91. The molecule has 1 aliphatic rings. The zero-order valence-corrected chi connectivity index (χ0v) is 20.8. The number of aromatic nitrogens is 5. The molecule has 1 aliphatic heterocycles. The Hall–Kier alpha value is -4.23.